The molecule has 1 aromatic carbocycles. The molecular weight excluding hydrogens is 318 g/mol. The van der Waals surface area contributed by atoms with Gasteiger partial charge in [0.25, 0.3) is 0 Å². The van der Waals surface area contributed by atoms with Gasteiger partial charge >= 0.3 is 12.0 Å². The van der Waals surface area contributed by atoms with Gasteiger partial charge in [-0.15, -0.1) is 0 Å². The van der Waals surface area contributed by atoms with Crippen molar-refractivity contribution in [3.8, 4) is 0 Å². The molecule has 0 aliphatic carbocycles. The Balaban J connectivity index is 1.85. The number of carbonyl (C=O) groups excluding carboxylic acids is 2. The van der Waals surface area contributed by atoms with Crippen molar-refractivity contribution in [3.63, 3.8) is 0 Å². The van der Waals surface area contributed by atoms with Gasteiger partial charge in [-0.25, -0.2) is 9.59 Å². The number of likely N-dealkylation sites (tertiary alicyclic amines) is 1. The molecule has 0 radical (unpaired) electrons. The molecule has 0 bridgehead atoms. The van der Waals surface area contributed by atoms with E-state index in [1.807, 2.05) is 25.1 Å². The third kappa shape index (κ3) is 3.85. The predicted molar refractivity (Wildman–Crippen MR) is 94.8 cm³/mol. The minimum atomic E-state index is -0.368. The first kappa shape index (κ1) is 17.5. The smallest absolute Gasteiger partial charge is 0.337 e. The third-order valence-electron chi connectivity index (χ3n) is 4.77. The van der Waals surface area contributed by atoms with E-state index < -0.39 is 0 Å². The highest BCUT2D eigenvalue weighted by Gasteiger charge is 2.33. The van der Waals surface area contributed by atoms with Crippen LogP contribution in [0.1, 0.15) is 38.3 Å². The van der Waals surface area contributed by atoms with Crippen molar-refractivity contribution in [1.29, 1.82) is 0 Å². The molecule has 3 rings (SSSR count). The van der Waals surface area contributed by atoms with Crippen LogP contribution in [0, 0.1) is 0 Å². The predicted octanol–water partition coefficient (Wildman–Crippen LogP) is 2.34. The highest BCUT2D eigenvalue weighted by Crippen LogP contribution is 2.32. The number of hydrogen-bond donors (Lipinski definition) is 2. The molecule has 6 heteroatoms. The highest BCUT2D eigenvalue weighted by molar-refractivity contribution is 5.94. The van der Waals surface area contributed by atoms with E-state index in [4.69, 9.17) is 4.74 Å². The lowest BCUT2D eigenvalue weighted by Gasteiger charge is -2.31. The van der Waals surface area contributed by atoms with E-state index in [0.29, 0.717) is 30.5 Å². The number of hydrogen-bond acceptors (Lipinski definition) is 4. The van der Waals surface area contributed by atoms with Crippen molar-refractivity contribution in [1.82, 2.24) is 15.5 Å². The zero-order valence-corrected chi connectivity index (χ0v) is 14.7. The summed E-state index contributed by atoms with van der Waals surface area (Å²) in [5, 5.41) is 5.56. The molecule has 1 aromatic rings. The van der Waals surface area contributed by atoms with Gasteiger partial charge in [-0.3, -0.25) is 4.90 Å². The summed E-state index contributed by atoms with van der Waals surface area (Å²) < 4.78 is 5.19. The van der Waals surface area contributed by atoms with Crippen LogP contribution in [0.3, 0.4) is 0 Å². The van der Waals surface area contributed by atoms with Crippen LogP contribution in [0.4, 0.5) is 4.79 Å². The molecule has 2 aliphatic rings. The van der Waals surface area contributed by atoms with Crippen LogP contribution in [0.5, 0.6) is 0 Å². The van der Waals surface area contributed by atoms with Crippen LogP contribution in [-0.2, 0) is 9.53 Å². The van der Waals surface area contributed by atoms with Gasteiger partial charge in [0, 0.05) is 18.3 Å². The first-order chi connectivity index (χ1) is 12.1. The molecule has 2 heterocycles. The van der Waals surface area contributed by atoms with Gasteiger partial charge in [-0.2, -0.15) is 0 Å². The Hall–Kier alpha value is -2.34. The summed E-state index contributed by atoms with van der Waals surface area (Å²) in [7, 11) is 0. The zero-order valence-electron chi connectivity index (χ0n) is 14.7. The monoisotopic (exact) mass is 343 g/mol. The number of nitrogens with one attached hydrogen (secondary N) is 2. The maximum absolute atomic E-state index is 12.4. The van der Waals surface area contributed by atoms with Crippen molar-refractivity contribution in [2.75, 3.05) is 19.7 Å². The fourth-order valence-electron chi connectivity index (χ4n) is 3.68. The second-order valence-electron chi connectivity index (χ2n) is 6.47. The molecule has 134 valence electrons. The summed E-state index contributed by atoms with van der Waals surface area (Å²) in [6.45, 7) is 5.38. The molecule has 0 unspecified atom stereocenters. The van der Waals surface area contributed by atoms with Gasteiger partial charge in [-0.05, 0) is 38.8 Å². The summed E-state index contributed by atoms with van der Waals surface area (Å²) in [5.41, 5.74) is 2.43. The van der Waals surface area contributed by atoms with Crippen LogP contribution in [0.2, 0.25) is 0 Å². The maximum Gasteiger partial charge on any atom is 0.337 e. The topological polar surface area (TPSA) is 70.7 Å². The van der Waals surface area contributed by atoms with Crippen LogP contribution in [-0.4, -0.2) is 42.6 Å². The van der Waals surface area contributed by atoms with Crippen LogP contribution in [0.25, 0.3) is 0 Å². The van der Waals surface area contributed by atoms with Gasteiger partial charge < -0.3 is 15.4 Å². The Morgan fingerprint density at radius 3 is 2.80 bits per heavy atom. The molecular formula is C19H25N3O3. The molecule has 25 heavy (non-hydrogen) atoms. The van der Waals surface area contributed by atoms with Gasteiger partial charge in [0.05, 0.1) is 18.2 Å². The number of amides is 2. The molecule has 0 spiro atoms. The Morgan fingerprint density at radius 2 is 2.08 bits per heavy atom. The van der Waals surface area contributed by atoms with E-state index in [9.17, 15) is 9.59 Å². The lowest BCUT2D eigenvalue weighted by atomic mass is 10.0. The van der Waals surface area contributed by atoms with Crippen molar-refractivity contribution >= 4 is 12.0 Å². The quantitative estimate of drug-likeness (QED) is 0.805. The highest BCUT2D eigenvalue weighted by atomic mass is 16.5. The van der Waals surface area contributed by atoms with Gasteiger partial charge in [0.15, 0.2) is 0 Å². The van der Waals surface area contributed by atoms with E-state index >= 15 is 0 Å². The molecule has 2 atom stereocenters. The minimum absolute atomic E-state index is 0.272. The van der Waals surface area contributed by atoms with Crippen molar-refractivity contribution in [2.24, 2.45) is 0 Å². The van der Waals surface area contributed by atoms with Gasteiger partial charge in [0.1, 0.15) is 0 Å². The molecule has 0 saturated carbocycles. The number of esters is 1. The minimum Gasteiger partial charge on any atom is -0.463 e. The van der Waals surface area contributed by atoms with E-state index in [-0.39, 0.29) is 18.0 Å². The first-order valence-electron chi connectivity index (χ1n) is 8.86. The van der Waals surface area contributed by atoms with E-state index in [2.05, 4.69) is 27.7 Å². The second-order valence-corrected chi connectivity index (χ2v) is 6.47. The Labute approximate surface area is 148 Å². The fourth-order valence-corrected chi connectivity index (χ4v) is 3.68. The summed E-state index contributed by atoms with van der Waals surface area (Å²) in [5.74, 6) is -0.368. The van der Waals surface area contributed by atoms with Crippen molar-refractivity contribution < 1.29 is 14.3 Å². The average molecular weight is 343 g/mol. The van der Waals surface area contributed by atoms with Gasteiger partial charge in [-0.1, -0.05) is 30.3 Å². The van der Waals surface area contributed by atoms with Crippen LogP contribution in [0.15, 0.2) is 41.6 Å². The normalized spacial score (nSPS) is 24.0. The third-order valence-corrected chi connectivity index (χ3v) is 4.77. The number of urea groups is 1. The van der Waals surface area contributed by atoms with E-state index in [1.165, 1.54) is 5.56 Å². The Kier molecular flexibility index (Phi) is 5.38. The van der Waals surface area contributed by atoms with E-state index in [1.54, 1.807) is 6.92 Å². The number of ether oxygens (including phenoxy) is 1. The molecule has 0 aromatic heterocycles. The molecule has 2 N–H and O–H groups in total. The molecule has 2 aliphatic heterocycles. The Bertz CT molecular complexity index is 672. The maximum atomic E-state index is 12.4. The lowest BCUT2D eigenvalue weighted by molar-refractivity contribution is -0.139. The fraction of sp³-hybridized carbons (Fsp3) is 0.474. The number of rotatable bonds is 5. The summed E-state index contributed by atoms with van der Waals surface area (Å²) in [6, 6.07) is 10.0. The summed E-state index contributed by atoms with van der Waals surface area (Å²) in [6.07, 6.45) is 2.18. The number of nitrogens with zero attached hydrogens (tertiary/aromatic N) is 1. The largest absolute Gasteiger partial charge is 0.463 e. The lowest BCUT2D eigenvalue weighted by Crippen LogP contribution is -2.51. The van der Waals surface area contributed by atoms with E-state index in [0.717, 1.165) is 19.4 Å². The zero-order chi connectivity index (χ0) is 17.8. The Morgan fingerprint density at radius 1 is 1.32 bits per heavy atom. The van der Waals surface area contributed by atoms with Crippen LogP contribution < -0.4 is 10.6 Å². The molecule has 1 fully saturated rings. The summed E-state index contributed by atoms with van der Waals surface area (Å²) in [4.78, 5) is 26.6. The van der Waals surface area contributed by atoms with Crippen molar-refractivity contribution in [3.05, 3.63) is 47.2 Å². The van der Waals surface area contributed by atoms with Crippen molar-refractivity contribution in [2.45, 2.75) is 38.8 Å². The first-order valence-corrected chi connectivity index (χ1v) is 8.86. The number of carbonyl (C=O) groups is 2. The van der Waals surface area contributed by atoms with Crippen LogP contribution >= 0.6 is 0 Å². The average Bonchev–Trinajstić information content (AvgIpc) is 3.03. The molecule has 6 nitrogen and oxygen atoms in total. The summed E-state index contributed by atoms with van der Waals surface area (Å²) >= 11 is 0. The van der Waals surface area contributed by atoms with Gasteiger partial charge in [0.2, 0.25) is 0 Å². The SMILES string of the molecule is CCOC(=O)C1=C(CN2CCC[C@@H]2c2ccccc2)NC(=O)N[C@H]1C. The standard InChI is InChI=1S/C19H25N3O3/c1-3-25-18(23)17-13(2)20-19(24)21-15(17)12-22-11-7-10-16(22)14-8-5-4-6-9-14/h4-6,8-9,13,16H,3,7,10-12H2,1-2H3,(H2,20,21,24)/t13-,16+/m0/s1. The second kappa shape index (κ2) is 7.70. The number of benzene rings is 1. The molecule has 1 saturated heterocycles. The molecule has 2 amide bonds.